The summed E-state index contributed by atoms with van der Waals surface area (Å²) in [7, 11) is 0. The number of nitrogens with one attached hydrogen (secondary N) is 1. The average Bonchev–Trinajstić information content (AvgIpc) is 3.19. The lowest BCUT2D eigenvalue weighted by Crippen LogP contribution is -2.57. The first-order chi connectivity index (χ1) is 12.7. The zero-order chi connectivity index (χ0) is 17.9. The number of carbonyl (C=O) groups is 2. The Morgan fingerprint density at radius 2 is 2.07 bits per heavy atom. The lowest BCUT2D eigenvalue weighted by Gasteiger charge is -2.41. The molecule has 0 aromatic carbocycles. The van der Waals surface area contributed by atoms with Crippen molar-refractivity contribution in [1.82, 2.24) is 25.1 Å². The van der Waals surface area contributed by atoms with E-state index in [1.165, 1.54) is 11.3 Å². The summed E-state index contributed by atoms with van der Waals surface area (Å²) in [6.45, 7) is 3.26. The van der Waals surface area contributed by atoms with Crippen LogP contribution in [0.25, 0.3) is 10.7 Å². The minimum absolute atomic E-state index is 0. The van der Waals surface area contributed by atoms with Gasteiger partial charge in [0.25, 0.3) is 5.91 Å². The Kier molecular flexibility index (Phi) is 8.18. The Hall–Kier alpha value is -1.74. The van der Waals surface area contributed by atoms with Gasteiger partial charge in [0, 0.05) is 38.4 Å². The van der Waals surface area contributed by atoms with Crippen molar-refractivity contribution in [2.75, 3.05) is 32.7 Å². The summed E-state index contributed by atoms with van der Waals surface area (Å²) in [6.07, 6.45) is 5.23. The van der Waals surface area contributed by atoms with Gasteiger partial charge in [-0.2, -0.15) is 0 Å². The first-order valence-electron chi connectivity index (χ1n) is 8.89. The zero-order valence-electron chi connectivity index (χ0n) is 15.2. The molecule has 4 heterocycles. The van der Waals surface area contributed by atoms with E-state index in [1.807, 2.05) is 28.0 Å². The predicted octanol–water partition coefficient (Wildman–Crippen LogP) is 2.09. The Morgan fingerprint density at radius 3 is 2.82 bits per heavy atom. The molecule has 28 heavy (non-hydrogen) atoms. The summed E-state index contributed by atoms with van der Waals surface area (Å²) >= 11 is 1.37. The number of carbonyl (C=O) groups excluding carboxylic acids is 2. The van der Waals surface area contributed by atoms with Crippen molar-refractivity contribution in [3.05, 3.63) is 35.5 Å². The second kappa shape index (κ2) is 10.2. The summed E-state index contributed by atoms with van der Waals surface area (Å²) in [4.78, 5) is 38.1. The molecule has 10 heteroatoms. The molecule has 0 spiro atoms. The summed E-state index contributed by atoms with van der Waals surface area (Å²) in [6, 6.07) is 5.77. The monoisotopic (exact) mass is 443 g/mol. The summed E-state index contributed by atoms with van der Waals surface area (Å²) in [5.41, 5.74) is 0.777. The van der Waals surface area contributed by atoms with Gasteiger partial charge < -0.3 is 15.1 Å². The fourth-order valence-corrected chi connectivity index (χ4v) is 4.40. The number of likely N-dealkylation sites (tertiary alicyclic amines) is 1. The van der Waals surface area contributed by atoms with Crippen LogP contribution in [-0.2, 0) is 4.79 Å². The molecule has 1 atom stereocenters. The smallest absolute Gasteiger partial charge is 0.265 e. The molecule has 2 amide bonds. The Labute approximate surface area is 180 Å². The van der Waals surface area contributed by atoms with Crippen LogP contribution < -0.4 is 5.32 Å². The maximum atomic E-state index is 12.9. The number of nitrogens with zero attached hydrogens (tertiary/aromatic N) is 4. The normalized spacial score (nSPS) is 19.6. The molecule has 2 aliphatic heterocycles. The van der Waals surface area contributed by atoms with Crippen LogP contribution in [0.3, 0.4) is 0 Å². The molecule has 0 radical (unpaired) electrons. The maximum Gasteiger partial charge on any atom is 0.265 e. The lowest BCUT2D eigenvalue weighted by atomic mass is 10.0. The van der Waals surface area contributed by atoms with Gasteiger partial charge in [0.2, 0.25) is 5.91 Å². The molecule has 7 nitrogen and oxygen atoms in total. The van der Waals surface area contributed by atoms with E-state index in [0.29, 0.717) is 18.0 Å². The SMILES string of the molecule is Cl.Cl.O=C(c1cnc(-c2ccccn2)s1)N1CCCC(N2CCNCC2=O)C1. The van der Waals surface area contributed by atoms with Crippen LogP contribution in [0.5, 0.6) is 0 Å². The molecule has 0 bridgehead atoms. The fraction of sp³-hybridized carbons (Fsp3) is 0.444. The molecule has 1 N–H and O–H groups in total. The Morgan fingerprint density at radius 1 is 1.21 bits per heavy atom. The second-order valence-electron chi connectivity index (χ2n) is 6.56. The second-order valence-corrected chi connectivity index (χ2v) is 7.59. The summed E-state index contributed by atoms with van der Waals surface area (Å²) in [5.74, 6) is 0.128. The van der Waals surface area contributed by atoms with E-state index < -0.39 is 0 Å². The highest BCUT2D eigenvalue weighted by molar-refractivity contribution is 7.16. The highest BCUT2D eigenvalue weighted by Crippen LogP contribution is 2.26. The number of piperazine rings is 1. The molecule has 2 aromatic heterocycles. The van der Waals surface area contributed by atoms with E-state index in [1.54, 1.807) is 12.4 Å². The molecule has 2 aliphatic rings. The van der Waals surface area contributed by atoms with Crippen LogP contribution >= 0.6 is 36.2 Å². The van der Waals surface area contributed by atoms with Gasteiger partial charge in [-0.3, -0.25) is 14.6 Å². The topological polar surface area (TPSA) is 78.4 Å². The van der Waals surface area contributed by atoms with Gasteiger partial charge >= 0.3 is 0 Å². The van der Waals surface area contributed by atoms with E-state index in [2.05, 4.69) is 15.3 Å². The number of thiazole rings is 1. The van der Waals surface area contributed by atoms with Gasteiger partial charge in [0.15, 0.2) is 0 Å². The standard InChI is InChI=1S/C18H21N5O2S.2ClH/c24-16-11-19-7-9-23(16)13-4-3-8-22(12-13)18(25)15-10-21-17(26-15)14-5-1-2-6-20-14;;/h1-2,5-6,10,13,19H,3-4,7-9,11-12H2;2*1H. The van der Waals surface area contributed by atoms with Crippen molar-refractivity contribution < 1.29 is 9.59 Å². The highest BCUT2D eigenvalue weighted by atomic mass is 35.5. The zero-order valence-corrected chi connectivity index (χ0v) is 17.7. The average molecular weight is 444 g/mol. The quantitative estimate of drug-likeness (QED) is 0.785. The number of hydrogen-bond acceptors (Lipinski definition) is 6. The van der Waals surface area contributed by atoms with Crippen LogP contribution in [-0.4, -0.2) is 70.3 Å². The number of halogens is 2. The fourth-order valence-electron chi connectivity index (χ4n) is 3.54. The molecule has 152 valence electrons. The maximum absolute atomic E-state index is 12.9. The minimum atomic E-state index is -0.00281. The number of aromatic nitrogens is 2. The van der Waals surface area contributed by atoms with Gasteiger partial charge in [0.05, 0.1) is 18.4 Å². The third kappa shape index (κ3) is 4.81. The number of hydrogen-bond donors (Lipinski definition) is 1. The number of rotatable bonds is 3. The van der Waals surface area contributed by atoms with E-state index in [0.717, 1.165) is 43.2 Å². The van der Waals surface area contributed by atoms with E-state index in [-0.39, 0.29) is 42.7 Å². The van der Waals surface area contributed by atoms with Crippen molar-refractivity contribution in [3.8, 4) is 10.7 Å². The van der Waals surface area contributed by atoms with E-state index >= 15 is 0 Å². The third-order valence-corrected chi connectivity index (χ3v) is 5.86. The molecular weight excluding hydrogens is 421 g/mol. The third-order valence-electron chi connectivity index (χ3n) is 4.85. The number of pyridine rings is 1. The van der Waals surface area contributed by atoms with Crippen molar-refractivity contribution in [3.63, 3.8) is 0 Å². The van der Waals surface area contributed by atoms with Crippen molar-refractivity contribution in [2.45, 2.75) is 18.9 Å². The van der Waals surface area contributed by atoms with Crippen LogP contribution in [0.2, 0.25) is 0 Å². The lowest BCUT2D eigenvalue weighted by molar-refractivity contribution is -0.135. The summed E-state index contributed by atoms with van der Waals surface area (Å²) < 4.78 is 0. The van der Waals surface area contributed by atoms with Crippen molar-refractivity contribution in [2.24, 2.45) is 0 Å². The van der Waals surface area contributed by atoms with Crippen LogP contribution in [0, 0.1) is 0 Å². The van der Waals surface area contributed by atoms with E-state index in [4.69, 9.17) is 0 Å². The molecule has 2 aromatic rings. The molecule has 0 saturated carbocycles. The van der Waals surface area contributed by atoms with Gasteiger partial charge in [-0.25, -0.2) is 4.98 Å². The molecule has 2 saturated heterocycles. The minimum Gasteiger partial charge on any atom is -0.336 e. The number of amides is 2. The molecule has 0 aliphatic carbocycles. The van der Waals surface area contributed by atoms with Gasteiger partial charge in [-0.1, -0.05) is 6.07 Å². The van der Waals surface area contributed by atoms with Crippen LogP contribution in [0.15, 0.2) is 30.6 Å². The van der Waals surface area contributed by atoms with Gasteiger partial charge in [-0.15, -0.1) is 36.2 Å². The highest BCUT2D eigenvalue weighted by Gasteiger charge is 2.32. The van der Waals surface area contributed by atoms with Crippen molar-refractivity contribution >= 4 is 48.0 Å². The Balaban J connectivity index is 0.00000140. The van der Waals surface area contributed by atoms with Crippen LogP contribution in [0.4, 0.5) is 0 Å². The van der Waals surface area contributed by atoms with E-state index in [9.17, 15) is 9.59 Å². The van der Waals surface area contributed by atoms with Gasteiger partial charge in [0.1, 0.15) is 9.88 Å². The molecule has 1 unspecified atom stereocenters. The first-order valence-corrected chi connectivity index (χ1v) is 9.71. The van der Waals surface area contributed by atoms with Crippen molar-refractivity contribution in [1.29, 1.82) is 0 Å². The summed E-state index contributed by atoms with van der Waals surface area (Å²) in [5, 5.41) is 3.85. The predicted molar refractivity (Wildman–Crippen MR) is 113 cm³/mol. The first kappa shape index (κ1) is 22.5. The van der Waals surface area contributed by atoms with Gasteiger partial charge in [-0.05, 0) is 25.0 Å². The molecule has 4 rings (SSSR count). The van der Waals surface area contributed by atoms with Crippen LogP contribution in [0.1, 0.15) is 22.5 Å². The largest absolute Gasteiger partial charge is 0.336 e. The molecular formula is C18H23Cl2N5O2S. The molecule has 2 fully saturated rings. The Bertz CT molecular complexity index is 804. The number of piperidine rings is 1.